The van der Waals surface area contributed by atoms with E-state index in [9.17, 15) is 5.11 Å². The van der Waals surface area contributed by atoms with E-state index >= 15 is 0 Å². The minimum absolute atomic E-state index is 0.0573. The average molecular weight is 212 g/mol. The van der Waals surface area contributed by atoms with Crippen molar-refractivity contribution in [2.24, 2.45) is 5.92 Å². The lowest BCUT2D eigenvalue weighted by Gasteiger charge is -2.33. The summed E-state index contributed by atoms with van der Waals surface area (Å²) in [6.45, 7) is 2.15. The number of hydrogen-bond donors (Lipinski definition) is 1. The van der Waals surface area contributed by atoms with Gasteiger partial charge in [-0.25, -0.2) is 0 Å². The fourth-order valence-corrected chi connectivity index (χ4v) is 3.37. The van der Waals surface area contributed by atoms with Crippen molar-refractivity contribution in [3.05, 3.63) is 0 Å². The first-order valence-corrected chi connectivity index (χ1v) is 6.24. The van der Waals surface area contributed by atoms with Crippen LogP contribution < -0.4 is 0 Å². The molecular weight excluding hydrogens is 192 g/mol. The standard InChI is InChI=1S/C12H20O3/c1-8-7-9(13)11-10(8)14-12(15-11)5-3-2-4-6-12/h8-11,13H,2-7H2,1H3. The Labute approximate surface area is 90.8 Å². The molecule has 1 saturated heterocycles. The zero-order valence-electron chi connectivity index (χ0n) is 9.32. The Bertz CT molecular complexity index is 229. The molecule has 0 aromatic carbocycles. The Hall–Kier alpha value is -0.120. The predicted molar refractivity (Wildman–Crippen MR) is 55.3 cm³/mol. The molecule has 3 nitrogen and oxygen atoms in total. The van der Waals surface area contributed by atoms with Crippen molar-refractivity contribution in [1.29, 1.82) is 0 Å². The molecule has 0 aromatic rings. The third kappa shape index (κ3) is 1.52. The van der Waals surface area contributed by atoms with Crippen molar-refractivity contribution in [2.75, 3.05) is 0 Å². The molecular formula is C12H20O3. The molecule has 2 aliphatic carbocycles. The van der Waals surface area contributed by atoms with Gasteiger partial charge in [-0.3, -0.25) is 0 Å². The highest BCUT2D eigenvalue weighted by atomic mass is 16.8. The lowest BCUT2D eigenvalue weighted by atomic mass is 9.94. The first kappa shape index (κ1) is 10.1. The maximum Gasteiger partial charge on any atom is 0.169 e. The highest BCUT2D eigenvalue weighted by Gasteiger charge is 2.55. The molecule has 1 N–H and O–H groups in total. The van der Waals surface area contributed by atoms with Gasteiger partial charge in [0.15, 0.2) is 5.79 Å². The molecule has 0 bridgehead atoms. The second-order valence-corrected chi connectivity index (χ2v) is 5.42. The van der Waals surface area contributed by atoms with Gasteiger partial charge in [-0.1, -0.05) is 13.3 Å². The lowest BCUT2D eigenvalue weighted by Crippen LogP contribution is -2.35. The Morgan fingerprint density at radius 1 is 1.07 bits per heavy atom. The predicted octanol–water partition coefficient (Wildman–Crippen LogP) is 1.83. The molecule has 4 atom stereocenters. The normalized spacial score (nSPS) is 48.4. The summed E-state index contributed by atoms with van der Waals surface area (Å²) in [5.41, 5.74) is 0. The van der Waals surface area contributed by atoms with Crippen molar-refractivity contribution in [1.82, 2.24) is 0 Å². The molecule has 3 aliphatic rings. The number of rotatable bonds is 0. The molecule has 1 aliphatic heterocycles. The number of aliphatic hydroxyl groups is 1. The molecule has 86 valence electrons. The second-order valence-electron chi connectivity index (χ2n) is 5.42. The SMILES string of the molecule is CC1CC(O)C2OC3(CCCCC3)OC12. The highest BCUT2D eigenvalue weighted by Crippen LogP contribution is 2.47. The maximum atomic E-state index is 9.88. The van der Waals surface area contributed by atoms with E-state index in [-0.39, 0.29) is 24.1 Å². The highest BCUT2D eigenvalue weighted by molar-refractivity contribution is 4.99. The summed E-state index contributed by atoms with van der Waals surface area (Å²) in [6, 6.07) is 0. The molecule has 3 fully saturated rings. The lowest BCUT2D eigenvalue weighted by molar-refractivity contribution is -0.208. The molecule has 0 aromatic heterocycles. The average Bonchev–Trinajstić information content (AvgIpc) is 2.69. The van der Waals surface area contributed by atoms with Gasteiger partial charge in [-0.15, -0.1) is 0 Å². The van der Waals surface area contributed by atoms with Crippen LogP contribution in [0.1, 0.15) is 45.4 Å². The van der Waals surface area contributed by atoms with Crippen molar-refractivity contribution in [2.45, 2.75) is 69.5 Å². The number of fused-ring (bicyclic) bond motifs is 1. The van der Waals surface area contributed by atoms with Crippen LogP contribution in [-0.4, -0.2) is 29.2 Å². The van der Waals surface area contributed by atoms with E-state index in [0.29, 0.717) is 5.92 Å². The zero-order chi connectivity index (χ0) is 10.5. The fraction of sp³-hybridized carbons (Fsp3) is 1.00. The first-order valence-electron chi connectivity index (χ1n) is 6.24. The smallest absolute Gasteiger partial charge is 0.169 e. The third-order valence-electron chi connectivity index (χ3n) is 4.19. The van der Waals surface area contributed by atoms with Gasteiger partial charge in [-0.2, -0.15) is 0 Å². The summed E-state index contributed by atoms with van der Waals surface area (Å²) in [7, 11) is 0. The van der Waals surface area contributed by atoms with Gasteiger partial charge in [0.25, 0.3) is 0 Å². The zero-order valence-corrected chi connectivity index (χ0v) is 9.32. The van der Waals surface area contributed by atoms with E-state index < -0.39 is 0 Å². The summed E-state index contributed by atoms with van der Waals surface area (Å²) in [4.78, 5) is 0. The minimum Gasteiger partial charge on any atom is -0.390 e. The van der Waals surface area contributed by atoms with Crippen LogP contribution in [0.2, 0.25) is 0 Å². The van der Waals surface area contributed by atoms with Crippen LogP contribution in [0.3, 0.4) is 0 Å². The van der Waals surface area contributed by atoms with Gasteiger partial charge in [0.2, 0.25) is 0 Å². The Balaban J connectivity index is 1.77. The second kappa shape index (κ2) is 3.44. The van der Waals surface area contributed by atoms with E-state index in [1.54, 1.807) is 0 Å². The van der Waals surface area contributed by atoms with Gasteiger partial charge in [-0.05, 0) is 25.2 Å². The van der Waals surface area contributed by atoms with E-state index in [1.165, 1.54) is 19.3 Å². The van der Waals surface area contributed by atoms with Crippen LogP contribution in [0.5, 0.6) is 0 Å². The van der Waals surface area contributed by atoms with Gasteiger partial charge < -0.3 is 14.6 Å². The van der Waals surface area contributed by atoms with Crippen molar-refractivity contribution in [3.63, 3.8) is 0 Å². The van der Waals surface area contributed by atoms with Crippen LogP contribution in [0.4, 0.5) is 0 Å². The van der Waals surface area contributed by atoms with Crippen LogP contribution in [0, 0.1) is 5.92 Å². The third-order valence-corrected chi connectivity index (χ3v) is 4.19. The number of ether oxygens (including phenoxy) is 2. The van der Waals surface area contributed by atoms with Crippen molar-refractivity contribution in [3.8, 4) is 0 Å². The molecule has 4 unspecified atom stereocenters. The largest absolute Gasteiger partial charge is 0.390 e. The summed E-state index contributed by atoms with van der Waals surface area (Å²) in [5, 5.41) is 9.88. The molecule has 1 heterocycles. The van der Waals surface area contributed by atoms with Crippen molar-refractivity contribution < 1.29 is 14.6 Å². The van der Waals surface area contributed by atoms with Crippen LogP contribution in [-0.2, 0) is 9.47 Å². The Kier molecular flexibility index (Phi) is 2.31. The molecule has 15 heavy (non-hydrogen) atoms. The van der Waals surface area contributed by atoms with Gasteiger partial charge in [0, 0.05) is 12.8 Å². The van der Waals surface area contributed by atoms with Gasteiger partial charge in [0.1, 0.15) is 6.10 Å². The molecule has 0 radical (unpaired) electrons. The Morgan fingerprint density at radius 2 is 1.73 bits per heavy atom. The van der Waals surface area contributed by atoms with E-state index in [0.717, 1.165) is 19.3 Å². The molecule has 2 saturated carbocycles. The quantitative estimate of drug-likeness (QED) is 0.666. The van der Waals surface area contributed by atoms with E-state index in [1.807, 2.05) is 0 Å². The van der Waals surface area contributed by atoms with E-state index in [2.05, 4.69) is 6.92 Å². The van der Waals surface area contributed by atoms with Gasteiger partial charge >= 0.3 is 0 Å². The fourth-order valence-electron chi connectivity index (χ4n) is 3.37. The number of aliphatic hydroxyl groups excluding tert-OH is 1. The number of hydrogen-bond acceptors (Lipinski definition) is 3. The summed E-state index contributed by atoms with van der Waals surface area (Å²) >= 11 is 0. The van der Waals surface area contributed by atoms with Crippen molar-refractivity contribution >= 4 is 0 Å². The maximum absolute atomic E-state index is 9.88. The summed E-state index contributed by atoms with van der Waals surface area (Å²) in [6.07, 6.45) is 6.31. The molecule has 3 rings (SSSR count). The molecule has 1 spiro atoms. The summed E-state index contributed by atoms with van der Waals surface area (Å²) < 4.78 is 12.1. The first-order chi connectivity index (χ1) is 7.20. The molecule has 0 amide bonds. The Morgan fingerprint density at radius 3 is 2.40 bits per heavy atom. The monoisotopic (exact) mass is 212 g/mol. The molecule has 3 heteroatoms. The topological polar surface area (TPSA) is 38.7 Å². The summed E-state index contributed by atoms with van der Waals surface area (Å²) in [5.74, 6) is 0.106. The van der Waals surface area contributed by atoms with Crippen LogP contribution >= 0.6 is 0 Å². The van der Waals surface area contributed by atoms with Crippen LogP contribution in [0.15, 0.2) is 0 Å². The van der Waals surface area contributed by atoms with Gasteiger partial charge in [0.05, 0.1) is 12.2 Å². The van der Waals surface area contributed by atoms with Crippen LogP contribution in [0.25, 0.3) is 0 Å². The minimum atomic E-state index is -0.330. The van der Waals surface area contributed by atoms with E-state index in [4.69, 9.17) is 9.47 Å².